The summed E-state index contributed by atoms with van der Waals surface area (Å²) in [6.07, 6.45) is 2.92. The molecule has 2 aromatic carbocycles. The highest BCUT2D eigenvalue weighted by Crippen LogP contribution is 2.53. The molecule has 206 valence electrons. The van der Waals surface area contributed by atoms with Crippen LogP contribution < -0.4 is 10.6 Å². The van der Waals surface area contributed by atoms with E-state index in [0.29, 0.717) is 24.4 Å². The lowest BCUT2D eigenvalue weighted by molar-refractivity contribution is -0.139. The third kappa shape index (κ3) is 5.38. The second kappa shape index (κ2) is 10.9. The lowest BCUT2D eigenvalue weighted by atomic mass is 9.58. The number of carbonyl (C=O) groups is 1. The molecule has 0 aromatic heterocycles. The highest BCUT2D eigenvalue weighted by Gasteiger charge is 2.64. The average molecular weight is 534 g/mol. The molecule has 5 atom stereocenters. The summed E-state index contributed by atoms with van der Waals surface area (Å²) < 4.78 is 6.69. The largest absolute Gasteiger partial charge is 0.417 e. The van der Waals surface area contributed by atoms with Crippen molar-refractivity contribution in [3.05, 3.63) is 71.8 Å². The minimum Gasteiger partial charge on any atom is -0.417 e. The summed E-state index contributed by atoms with van der Waals surface area (Å²) in [5.74, 6) is 1.62. The molecule has 3 heterocycles. The molecule has 3 aliphatic heterocycles. The van der Waals surface area contributed by atoms with Crippen LogP contribution in [0.15, 0.2) is 60.7 Å². The Morgan fingerprint density at radius 1 is 1.08 bits per heavy atom. The van der Waals surface area contributed by atoms with E-state index >= 15 is 0 Å². The Labute approximate surface area is 230 Å². The minimum atomic E-state index is -1.85. The van der Waals surface area contributed by atoms with Crippen molar-refractivity contribution in [2.24, 2.45) is 17.8 Å². The Hall–Kier alpha value is -1.99. The van der Waals surface area contributed by atoms with E-state index in [1.165, 1.54) is 5.56 Å². The first-order valence-electron chi connectivity index (χ1n) is 14.6. The van der Waals surface area contributed by atoms with Crippen molar-refractivity contribution in [3.63, 3.8) is 0 Å². The van der Waals surface area contributed by atoms with E-state index in [9.17, 15) is 4.79 Å². The van der Waals surface area contributed by atoms with Crippen molar-refractivity contribution in [1.29, 1.82) is 0 Å². The number of nitrogens with zero attached hydrogens (tertiary/aromatic N) is 1. The Bertz CT molecular complexity index is 1090. The monoisotopic (exact) mass is 533 g/mol. The van der Waals surface area contributed by atoms with Gasteiger partial charge in [-0.25, -0.2) is 0 Å². The molecule has 1 aliphatic carbocycles. The normalized spacial score (nSPS) is 29.0. The lowest BCUT2D eigenvalue weighted by Crippen LogP contribution is -2.74. The number of nitrogens with one attached hydrogen (secondary N) is 2. The molecule has 1 saturated carbocycles. The van der Waals surface area contributed by atoms with Crippen LogP contribution in [-0.2, 0) is 22.2 Å². The van der Waals surface area contributed by atoms with Crippen LogP contribution in [0.1, 0.15) is 44.7 Å². The number of rotatable bonds is 10. The maximum absolute atomic E-state index is 14.1. The summed E-state index contributed by atoms with van der Waals surface area (Å²) in [6.45, 7) is 16.0. The van der Waals surface area contributed by atoms with E-state index in [0.717, 1.165) is 51.1 Å². The molecule has 4 aliphatic rings. The quantitative estimate of drug-likeness (QED) is 0.411. The number of carbonyl (C=O) groups excluding carboxylic acids is 1. The molecule has 4 fully saturated rings. The van der Waals surface area contributed by atoms with Gasteiger partial charge in [0.2, 0.25) is 5.91 Å². The smallest absolute Gasteiger partial charge is 0.240 e. The summed E-state index contributed by atoms with van der Waals surface area (Å²) in [5, 5.41) is 7.33. The molecule has 1 amide bonds. The Balaban J connectivity index is 1.35. The van der Waals surface area contributed by atoms with E-state index in [4.69, 9.17) is 4.43 Å². The number of benzene rings is 2. The average Bonchev–Trinajstić information content (AvgIpc) is 3.20. The molecule has 5 unspecified atom stereocenters. The predicted molar refractivity (Wildman–Crippen MR) is 157 cm³/mol. The SMILES string of the molecule is CC(C)(C)[Si](C)(C)OCCC1C2C3CNC1(C(=O)NCc1ccccc1)CC3CN2CCc1ccccc1. The van der Waals surface area contributed by atoms with Gasteiger partial charge < -0.3 is 15.1 Å². The van der Waals surface area contributed by atoms with Gasteiger partial charge in [-0.05, 0) is 60.4 Å². The number of hydrogen-bond acceptors (Lipinski definition) is 4. The topological polar surface area (TPSA) is 53.6 Å². The molecule has 0 spiro atoms. The molecule has 6 rings (SSSR count). The highest BCUT2D eigenvalue weighted by molar-refractivity contribution is 6.74. The van der Waals surface area contributed by atoms with E-state index in [-0.39, 0.29) is 16.9 Å². The van der Waals surface area contributed by atoms with Crippen molar-refractivity contribution in [2.45, 2.75) is 76.3 Å². The zero-order valence-electron chi connectivity index (χ0n) is 24.0. The highest BCUT2D eigenvalue weighted by atomic mass is 28.4. The van der Waals surface area contributed by atoms with Crippen LogP contribution in [0.5, 0.6) is 0 Å². The van der Waals surface area contributed by atoms with Crippen LogP contribution in [0.4, 0.5) is 0 Å². The van der Waals surface area contributed by atoms with Gasteiger partial charge in [0, 0.05) is 44.7 Å². The second-order valence-electron chi connectivity index (χ2n) is 13.4. The zero-order chi connectivity index (χ0) is 27.0. The van der Waals surface area contributed by atoms with E-state index in [1.807, 2.05) is 18.2 Å². The maximum Gasteiger partial charge on any atom is 0.240 e. The molecular weight excluding hydrogens is 486 g/mol. The molecule has 2 N–H and O–H groups in total. The summed E-state index contributed by atoms with van der Waals surface area (Å²) in [4.78, 5) is 16.8. The first-order valence-corrected chi connectivity index (χ1v) is 17.5. The standard InChI is InChI=1S/C32H47N3O2Si/c1-31(2,3)38(4,5)37-19-17-28-29-27-22-34-32(28,30(36)33-21-25-14-10-7-11-15-25)20-26(27)23-35(29)18-16-24-12-8-6-9-13-24/h6-15,26-29,34H,16-23H2,1-5H3,(H,33,36). The fourth-order valence-corrected chi connectivity index (χ4v) is 8.09. The molecular formula is C32H47N3O2Si. The number of hydrogen-bond donors (Lipinski definition) is 2. The Kier molecular flexibility index (Phi) is 7.89. The molecule has 5 nitrogen and oxygen atoms in total. The van der Waals surface area contributed by atoms with Crippen molar-refractivity contribution < 1.29 is 9.22 Å². The minimum absolute atomic E-state index is 0.178. The molecule has 38 heavy (non-hydrogen) atoms. The fraction of sp³-hybridized carbons (Fsp3) is 0.594. The van der Waals surface area contributed by atoms with Gasteiger partial charge >= 0.3 is 0 Å². The third-order valence-corrected chi connectivity index (χ3v) is 14.7. The second-order valence-corrected chi connectivity index (χ2v) is 18.2. The van der Waals surface area contributed by atoms with Gasteiger partial charge in [-0.3, -0.25) is 9.69 Å². The van der Waals surface area contributed by atoms with Crippen LogP contribution in [0, 0.1) is 17.8 Å². The summed E-state index contributed by atoms with van der Waals surface area (Å²) in [7, 11) is -1.85. The number of likely N-dealkylation sites (tertiary alicyclic amines) is 1. The van der Waals surface area contributed by atoms with Crippen LogP contribution in [0.3, 0.4) is 0 Å². The number of piperidine rings is 2. The Morgan fingerprint density at radius 3 is 2.39 bits per heavy atom. The summed E-state index contributed by atoms with van der Waals surface area (Å²) >= 11 is 0. The van der Waals surface area contributed by atoms with Gasteiger partial charge in [0.05, 0.1) is 0 Å². The molecule has 4 bridgehead atoms. The molecule has 0 radical (unpaired) electrons. The first kappa shape index (κ1) is 27.6. The van der Waals surface area contributed by atoms with Gasteiger partial charge in [-0.2, -0.15) is 0 Å². The van der Waals surface area contributed by atoms with E-state index in [1.54, 1.807) is 0 Å². The van der Waals surface area contributed by atoms with Gasteiger partial charge in [-0.1, -0.05) is 81.4 Å². The maximum atomic E-state index is 14.1. The van der Waals surface area contributed by atoms with Crippen LogP contribution >= 0.6 is 0 Å². The van der Waals surface area contributed by atoms with Gasteiger partial charge in [0.1, 0.15) is 5.54 Å². The first-order chi connectivity index (χ1) is 18.1. The van der Waals surface area contributed by atoms with Gasteiger partial charge in [-0.15, -0.1) is 0 Å². The van der Waals surface area contributed by atoms with Crippen LogP contribution in [0.2, 0.25) is 18.1 Å². The van der Waals surface area contributed by atoms with Crippen LogP contribution in [0.25, 0.3) is 0 Å². The zero-order valence-corrected chi connectivity index (χ0v) is 25.0. The van der Waals surface area contributed by atoms with Gasteiger partial charge in [0.25, 0.3) is 0 Å². The van der Waals surface area contributed by atoms with Crippen molar-refractivity contribution >= 4 is 14.2 Å². The summed E-state index contributed by atoms with van der Waals surface area (Å²) in [5.41, 5.74) is 2.02. The number of amides is 1. The lowest BCUT2D eigenvalue weighted by Gasteiger charge is -2.56. The molecule has 3 saturated heterocycles. The van der Waals surface area contributed by atoms with Crippen molar-refractivity contribution in [2.75, 3.05) is 26.2 Å². The molecule has 2 aromatic rings. The van der Waals surface area contributed by atoms with Gasteiger partial charge in [0.15, 0.2) is 8.32 Å². The number of fused-ring (bicyclic) bond motifs is 1. The van der Waals surface area contributed by atoms with Crippen molar-refractivity contribution in [3.8, 4) is 0 Å². The summed E-state index contributed by atoms with van der Waals surface area (Å²) in [6, 6.07) is 21.5. The molecule has 6 heteroatoms. The van der Waals surface area contributed by atoms with Crippen LogP contribution in [-0.4, -0.2) is 56.9 Å². The predicted octanol–water partition coefficient (Wildman–Crippen LogP) is 5.24. The van der Waals surface area contributed by atoms with Crippen molar-refractivity contribution in [1.82, 2.24) is 15.5 Å². The Morgan fingerprint density at radius 2 is 1.74 bits per heavy atom. The third-order valence-electron chi connectivity index (χ3n) is 10.1. The van der Waals surface area contributed by atoms with E-state index < -0.39 is 13.9 Å². The van der Waals surface area contributed by atoms with E-state index in [2.05, 4.69) is 91.9 Å². The fourth-order valence-electron chi connectivity index (χ4n) is 7.03.